The number of halogens is 1. The summed E-state index contributed by atoms with van der Waals surface area (Å²) < 4.78 is 6.05. The van der Waals surface area contributed by atoms with Crippen molar-refractivity contribution in [1.82, 2.24) is 4.90 Å². The van der Waals surface area contributed by atoms with Crippen molar-refractivity contribution in [3.8, 4) is 5.75 Å². The van der Waals surface area contributed by atoms with Gasteiger partial charge >= 0.3 is 0 Å². The number of likely N-dealkylation sites (tertiary alicyclic amines) is 1. The molecule has 5 nitrogen and oxygen atoms in total. The highest BCUT2D eigenvalue weighted by Gasteiger charge is 2.39. The van der Waals surface area contributed by atoms with Gasteiger partial charge in [0.25, 0.3) is 0 Å². The number of carbonyl (C=O) groups excluding carboxylic acids is 2. The summed E-state index contributed by atoms with van der Waals surface area (Å²) in [6.07, 6.45) is 2.36. The van der Waals surface area contributed by atoms with Crippen LogP contribution in [0, 0.1) is 12.3 Å². The van der Waals surface area contributed by atoms with Gasteiger partial charge in [0.05, 0.1) is 12.5 Å². The number of hydrogen-bond donors (Lipinski definition) is 1. The lowest BCUT2D eigenvalue weighted by atomic mass is 9.75. The van der Waals surface area contributed by atoms with Gasteiger partial charge in [0.15, 0.2) is 0 Å². The van der Waals surface area contributed by atoms with E-state index >= 15 is 0 Å². The lowest BCUT2D eigenvalue weighted by Gasteiger charge is -2.42. The van der Waals surface area contributed by atoms with Crippen LogP contribution < -0.4 is 10.5 Å². The fourth-order valence-electron chi connectivity index (χ4n) is 4.35. The summed E-state index contributed by atoms with van der Waals surface area (Å²) in [4.78, 5) is 26.9. The van der Waals surface area contributed by atoms with E-state index in [0.29, 0.717) is 37.6 Å². The van der Waals surface area contributed by atoms with Crippen molar-refractivity contribution < 1.29 is 14.3 Å². The minimum absolute atomic E-state index is 0.141. The predicted molar refractivity (Wildman–Crippen MR) is 123 cm³/mol. The van der Waals surface area contributed by atoms with Crippen molar-refractivity contribution in [1.29, 1.82) is 0 Å². The molecule has 1 saturated heterocycles. The lowest BCUT2D eigenvalue weighted by molar-refractivity contribution is -0.136. The number of primary amides is 1. The highest BCUT2D eigenvalue weighted by atomic mass is 35.5. The van der Waals surface area contributed by atoms with Crippen LogP contribution in [-0.4, -0.2) is 36.4 Å². The maximum atomic E-state index is 13.2. The molecule has 31 heavy (non-hydrogen) atoms. The third kappa shape index (κ3) is 5.79. The molecule has 3 rings (SSSR count). The first-order chi connectivity index (χ1) is 14.8. The van der Waals surface area contributed by atoms with Crippen LogP contribution in [0.2, 0.25) is 5.02 Å². The Labute approximate surface area is 189 Å². The summed E-state index contributed by atoms with van der Waals surface area (Å²) in [5, 5.41) is 0.690. The van der Waals surface area contributed by atoms with Crippen molar-refractivity contribution in [3.05, 3.63) is 64.7 Å². The quantitative estimate of drug-likeness (QED) is 0.643. The molecule has 0 spiro atoms. The molecule has 1 aliphatic heterocycles. The second-order valence-corrected chi connectivity index (χ2v) is 8.95. The van der Waals surface area contributed by atoms with Gasteiger partial charge in [-0.3, -0.25) is 9.59 Å². The maximum Gasteiger partial charge on any atom is 0.230 e. The summed E-state index contributed by atoms with van der Waals surface area (Å²) in [7, 11) is 0. The molecule has 2 aromatic rings. The molecule has 2 N–H and O–H groups in total. The van der Waals surface area contributed by atoms with Crippen molar-refractivity contribution in [2.75, 3.05) is 19.7 Å². The maximum absolute atomic E-state index is 13.2. The molecule has 0 radical (unpaired) electrons. The van der Waals surface area contributed by atoms with Crippen molar-refractivity contribution in [2.45, 2.75) is 45.4 Å². The first-order valence-electron chi connectivity index (χ1n) is 10.8. The second kappa shape index (κ2) is 10.2. The average molecular weight is 443 g/mol. The van der Waals surface area contributed by atoms with Gasteiger partial charge in [0, 0.05) is 29.9 Å². The fourth-order valence-corrected chi connectivity index (χ4v) is 4.46. The minimum atomic E-state index is -0.370. The lowest BCUT2D eigenvalue weighted by Crippen LogP contribution is -2.48. The number of nitrogens with two attached hydrogens (primary N) is 1. The monoisotopic (exact) mass is 442 g/mol. The zero-order valence-electron chi connectivity index (χ0n) is 18.3. The minimum Gasteiger partial charge on any atom is -0.493 e. The summed E-state index contributed by atoms with van der Waals surface area (Å²) in [5.41, 5.74) is 7.19. The van der Waals surface area contributed by atoms with Crippen molar-refractivity contribution in [2.24, 2.45) is 11.1 Å². The number of aryl methyl sites for hydroxylation is 1. The second-order valence-electron chi connectivity index (χ2n) is 8.54. The fraction of sp³-hybridized carbons (Fsp3) is 0.440. The first kappa shape index (κ1) is 23.1. The Morgan fingerprint density at radius 2 is 1.84 bits per heavy atom. The number of carbonyl (C=O) groups is 2. The van der Waals surface area contributed by atoms with Crippen LogP contribution in [0.3, 0.4) is 0 Å². The Morgan fingerprint density at radius 1 is 1.16 bits per heavy atom. The number of hydrogen-bond acceptors (Lipinski definition) is 3. The molecule has 1 aliphatic rings. The van der Waals surface area contributed by atoms with Gasteiger partial charge in [-0.25, -0.2) is 0 Å². The van der Waals surface area contributed by atoms with Gasteiger partial charge in [-0.15, -0.1) is 0 Å². The van der Waals surface area contributed by atoms with Crippen LogP contribution in [0.15, 0.2) is 48.5 Å². The third-order valence-corrected chi connectivity index (χ3v) is 6.69. The van der Waals surface area contributed by atoms with Gasteiger partial charge in [-0.2, -0.15) is 0 Å². The van der Waals surface area contributed by atoms with E-state index < -0.39 is 0 Å². The number of nitrogens with zero attached hydrogens (tertiary/aromatic N) is 1. The van der Waals surface area contributed by atoms with Gasteiger partial charge in [0.2, 0.25) is 11.8 Å². The molecule has 166 valence electrons. The van der Waals surface area contributed by atoms with E-state index in [1.807, 2.05) is 67.3 Å². The van der Waals surface area contributed by atoms with E-state index in [0.717, 1.165) is 23.3 Å². The number of ether oxygens (including phenoxy) is 1. The Hall–Kier alpha value is -2.53. The van der Waals surface area contributed by atoms with Crippen LogP contribution in [-0.2, 0) is 9.59 Å². The molecule has 2 amide bonds. The standard InChI is InChI=1S/C25H31ClN2O3/c1-3-21(19-7-5-4-6-8-19)24(30)28-13-11-25(12-14-28,16-23(27)29)17-31-20-9-10-22(26)18(2)15-20/h4-10,15,21H,3,11-14,16-17H2,1-2H3,(H2,27,29)/t21-/m1/s1. The van der Waals surface area contributed by atoms with Crippen LogP contribution in [0.4, 0.5) is 0 Å². The topological polar surface area (TPSA) is 72.6 Å². The van der Waals surface area contributed by atoms with Gasteiger partial charge in [-0.05, 0) is 55.5 Å². The highest BCUT2D eigenvalue weighted by molar-refractivity contribution is 6.31. The zero-order valence-corrected chi connectivity index (χ0v) is 19.0. The third-order valence-electron chi connectivity index (χ3n) is 6.27. The Morgan fingerprint density at radius 3 is 2.42 bits per heavy atom. The number of piperidine rings is 1. The molecule has 0 aliphatic carbocycles. The molecule has 1 fully saturated rings. The van der Waals surface area contributed by atoms with E-state index in [1.54, 1.807) is 0 Å². The largest absolute Gasteiger partial charge is 0.493 e. The van der Waals surface area contributed by atoms with E-state index in [4.69, 9.17) is 22.1 Å². The SMILES string of the molecule is CC[C@@H](C(=O)N1CCC(COc2ccc(Cl)c(C)c2)(CC(N)=O)CC1)c1ccccc1. The molecule has 0 saturated carbocycles. The zero-order chi connectivity index (χ0) is 22.4. The molecule has 0 bridgehead atoms. The smallest absolute Gasteiger partial charge is 0.230 e. The Kier molecular flexibility index (Phi) is 7.60. The average Bonchev–Trinajstić information content (AvgIpc) is 2.76. The molecule has 2 aromatic carbocycles. The van der Waals surface area contributed by atoms with Crippen LogP contribution in [0.1, 0.15) is 49.7 Å². The van der Waals surface area contributed by atoms with Crippen molar-refractivity contribution in [3.63, 3.8) is 0 Å². The van der Waals surface area contributed by atoms with Gasteiger partial charge in [-0.1, -0.05) is 48.9 Å². The first-order valence-corrected chi connectivity index (χ1v) is 11.2. The van der Waals surface area contributed by atoms with E-state index in [2.05, 4.69) is 0 Å². The molecule has 0 unspecified atom stereocenters. The molecular formula is C25H31ClN2O3. The van der Waals surface area contributed by atoms with Gasteiger partial charge in [0.1, 0.15) is 5.75 Å². The molecule has 6 heteroatoms. The molecular weight excluding hydrogens is 412 g/mol. The molecule has 1 atom stereocenters. The number of rotatable bonds is 8. The van der Waals surface area contributed by atoms with E-state index in [-0.39, 0.29) is 29.6 Å². The summed E-state index contributed by atoms with van der Waals surface area (Å²) in [5.74, 6) is 0.388. The highest BCUT2D eigenvalue weighted by Crippen LogP contribution is 2.37. The van der Waals surface area contributed by atoms with Crippen molar-refractivity contribution >= 4 is 23.4 Å². The predicted octanol–water partition coefficient (Wildman–Crippen LogP) is 4.71. The van der Waals surface area contributed by atoms with Gasteiger partial charge < -0.3 is 15.4 Å². The summed E-state index contributed by atoms with van der Waals surface area (Å²) in [6.45, 7) is 5.54. The molecule has 1 heterocycles. The van der Waals surface area contributed by atoms with E-state index in [9.17, 15) is 9.59 Å². The van der Waals surface area contributed by atoms with Crippen LogP contribution in [0.5, 0.6) is 5.75 Å². The number of benzene rings is 2. The van der Waals surface area contributed by atoms with E-state index in [1.165, 1.54) is 0 Å². The molecule has 0 aromatic heterocycles. The Balaban J connectivity index is 1.67. The summed E-state index contributed by atoms with van der Waals surface area (Å²) >= 11 is 6.10. The Bertz CT molecular complexity index is 908. The van der Waals surface area contributed by atoms with Crippen LogP contribution >= 0.6 is 11.6 Å². The van der Waals surface area contributed by atoms with Crippen LogP contribution in [0.25, 0.3) is 0 Å². The number of amides is 2. The summed E-state index contributed by atoms with van der Waals surface area (Å²) in [6, 6.07) is 15.4. The normalized spacial score (nSPS) is 16.5.